The van der Waals surface area contributed by atoms with Crippen molar-refractivity contribution < 1.29 is 4.79 Å². The number of carbonyl (C=O) groups is 1. The van der Waals surface area contributed by atoms with Crippen LogP contribution < -0.4 is 11.6 Å². The van der Waals surface area contributed by atoms with E-state index in [9.17, 15) is 4.79 Å². The van der Waals surface area contributed by atoms with Crippen LogP contribution in [0.15, 0.2) is 24.3 Å². The second kappa shape index (κ2) is 5.50. The molecule has 0 bridgehead atoms. The van der Waals surface area contributed by atoms with Crippen LogP contribution in [0.2, 0.25) is 0 Å². The smallest absolute Gasteiger partial charge is 0.253 e. The van der Waals surface area contributed by atoms with Crippen molar-refractivity contribution in [1.82, 2.24) is 5.01 Å². The molecule has 0 aliphatic heterocycles. The number of benzene rings is 1. The summed E-state index contributed by atoms with van der Waals surface area (Å²) in [6, 6.07) is 7.62. The number of carbonyl (C=O) groups excluding carboxylic acids is 1. The highest BCUT2D eigenvalue weighted by molar-refractivity contribution is 5.81. The number of nitrogens with zero attached hydrogens (tertiary/aromatic N) is 1. The number of rotatable bonds is 3. The Morgan fingerprint density at radius 3 is 2.17 bits per heavy atom. The zero-order valence-electron chi connectivity index (χ0n) is 11.6. The molecular formula is C14H23N3O. The van der Waals surface area contributed by atoms with Gasteiger partial charge in [-0.05, 0) is 23.0 Å². The van der Waals surface area contributed by atoms with E-state index in [0.717, 1.165) is 10.6 Å². The molecule has 0 aromatic heterocycles. The molecule has 1 rings (SSSR count). The predicted octanol–water partition coefficient (Wildman–Crippen LogP) is 1.19. The van der Waals surface area contributed by atoms with Crippen molar-refractivity contribution in [3.05, 3.63) is 35.4 Å². The van der Waals surface area contributed by atoms with Crippen LogP contribution in [0.4, 0.5) is 0 Å². The van der Waals surface area contributed by atoms with Gasteiger partial charge in [0.25, 0.3) is 5.91 Å². The summed E-state index contributed by atoms with van der Waals surface area (Å²) in [5.74, 6) is 5.12. The van der Waals surface area contributed by atoms with Gasteiger partial charge < -0.3 is 5.73 Å². The number of nitrogens with two attached hydrogens (primary N) is 2. The lowest BCUT2D eigenvalue weighted by molar-refractivity contribution is -0.131. The van der Waals surface area contributed by atoms with E-state index in [2.05, 4.69) is 32.9 Å². The summed E-state index contributed by atoms with van der Waals surface area (Å²) in [4.78, 5) is 11.5. The van der Waals surface area contributed by atoms with Crippen LogP contribution in [-0.4, -0.2) is 24.0 Å². The van der Waals surface area contributed by atoms with Gasteiger partial charge in [0.05, 0.1) is 6.04 Å². The number of likely N-dealkylation sites (N-methyl/N-ethyl adjacent to an activating group) is 1. The third kappa shape index (κ3) is 3.82. The Kier molecular flexibility index (Phi) is 4.48. The maximum atomic E-state index is 11.5. The molecule has 0 spiro atoms. The summed E-state index contributed by atoms with van der Waals surface area (Å²) < 4.78 is 0. The molecule has 0 saturated carbocycles. The van der Waals surface area contributed by atoms with Gasteiger partial charge in [-0.2, -0.15) is 0 Å². The number of hydrazine groups is 1. The average molecular weight is 249 g/mol. The zero-order valence-corrected chi connectivity index (χ0v) is 11.6. The van der Waals surface area contributed by atoms with E-state index < -0.39 is 6.04 Å². The molecule has 0 aliphatic rings. The molecule has 4 nitrogen and oxygen atoms in total. The van der Waals surface area contributed by atoms with Crippen molar-refractivity contribution in [2.75, 3.05) is 7.05 Å². The minimum atomic E-state index is -0.583. The van der Waals surface area contributed by atoms with Crippen molar-refractivity contribution >= 4 is 5.91 Å². The summed E-state index contributed by atoms with van der Waals surface area (Å²) in [5.41, 5.74) is 8.25. The first-order chi connectivity index (χ1) is 8.21. The van der Waals surface area contributed by atoms with Crippen LogP contribution in [0.3, 0.4) is 0 Å². The first-order valence-corrected chi connectivity index (χ1v) is 6.09. The lowest BCUT2D eigenvalue weighted by atomic mass is 9.86. The van der Waals surface area contributed by atoms with Gasteiger partial charge in [-0.1, -0.05) is 45.0 Å². The maximum absolute atomic E-state index is 11.5. The molecule has 4 N–H and O–H groups in total. The van der Waals surface area contributed by atoms with Crippen molar-refractivity contribution in [2.45, 2.75) is 38.6 Å². The van der Waals surface area contributed by atoms with Gasteiger partial charge in [0.1, 0.15) is 0 Å². The molecule has 100 valence electrons. The monoisotopic (exact) mass is 249 g/mol. The molecule has 0 radical (unpaired) electrons. The van der Waals surface area contributed by atoms with Crippen molar-refractivity contribution in [2.24, 2.45) is 11.6 Å². The van der Waals surface area contributed by atoms with Gasteiger partial charge in [0.2, 0.25) is 0 Å². The van der Waals surface area contributed by atoms with Crippen molar-refractivity contribution in [3.63, 3.8) is 0 Å². The van der Waals surface area contributed by atoms with E-state index in [0.29, 0.717) is 6.42 Å². The zero-order chi connectivity index (χ0) is 13.9. The molecule has 0 heterocycles. The van der Waals surface area contributed by atoms with Gasteiger partial charge in [-0.3, -0.25) is 9.80 Å². The summed E-state index contributed by atoms with van der Waals surface area (Å²) in [6.07, 6.45) is 0.505. The molecule has 18 heavy (non-hydrogen) atoms. The van der Waals surface area contributed by atoms with E-state index in [1.807, 2.05) is 12.1 Å². The van der Waals surface area contributed by atoms with Crippen molar-refractivity contribution in [3.8, 4) is 0 Å². The molecule has 1 aromatic rings. The molecule has 1 aromatic carbocycles. The molecule has 1 atom stereocenters. The van der Waals surface area contributed by atoms with E-state index in [1.54, 1.807) is 0 Å². The van der Waals surface area contributed by atoms with Gasteiger partial charge in [-0.25, -0.2) is 5.84 Å². The van der Waals surface area contributed by atoms with Crippen LogP contribution in [0.1, 0.15) is 31.9 Å². The maximum Gasteiger partial charge on any atom is 0.253 e. The van der Waals surface area contributed by atoms with Gasteiger partial charge in [0, 0.05) is 7.05 Å². The first-order valence-electron chi connectivity index (χ1n) is 6.09. The van der Waals surface area contributed by atoms with E-state index in [-0.39, 0.29) is 11.3 Å². The van der Waals surface area contributed by atoms with E-state index in [4.69, 9.17) is 11.6 Å². The third-order valence-electron chi connectivity index (χ3n) is 2.94. The first kappa shape index (κ1) is 14.7. The Balaban J connectivity index is 2.73. The Hall–Kier alpha value is -1.39. The Bertz CT molecular complexity index is 404. The molecule has 0 saturated heterocycles. The summed E-state index contributed by atoms with van der Waals surface area (Å²) >= 11 is 0. The summed E-state index contributed by atoms with van der Waals surface area (Å²) in [5, 5.41) is 1.04. The SMILES string of the molecule is CN(N)C(=O)C(N)Cc1ccc(C(C)(C)C)cc1. The topological polar surface area (TPSA) is 72.3 Å². The highest BCUT2D eigenvalue weighted by atomic mass is 16.2. The molecule has 0 aliphatic carbocycles. The molecule has 1 unspecified atom stereocenters. The van der Waals surface area contributed by atoms with Crippen LogP contribution in [0.25, 0.3) is 0 Å². The minimum absolute atomic E-state index is 0.133. The lowest BCUT2D eigenvalue weighted by Crippen LogP contribution is -2.46. The fraction of sp³-hybridized carbons (Fsp3) is 0.500. The number of amides is 1. The Morgan fingerprint density at radius 1 is 1.28 bits per heavy atom. The highest BCUT2D eigenvalue weighted by Crippen LogP contribution is 2.22. The van der Waals surface area contributed by atoms with Crippen LogP contribution in [0.5, 0.6) is 0 Å². The van der Waals surface area contributed by atoms with Gasteiger partial charge in [0.15, 0.2) is 0 Å². The highest BCUT2D eigenvalue weighted by Gasteiger charge is 2.17. The van der Waals surface area contributed by atoms with Gasteiger partial charge in [-0.15, -0.1) is 0 Å². The minimum Gasteiger partial charge on any atom is -0.320 e. The molecule has 4 heteroatoms. The fourth-order valence-corrected chi connectivity index (χ4v) is 1.74. The average Bonchev–Trinajstić information content (AvgIpc) is 2.27. The second-order valence-corrected chi connectivity index (χ2v) is 5.71. The van der Waals surface area contributed by atoms with Crippen LogP contribution in [0, 0.1) is 0 Å². The molecule has 1 amide bonds. The van der Waals surface area contributed by atoms with Crippen molar-refractivity contribution in [1.29, 1.82) is 0 Å². The normalized spacial score (nSPS) is 13.2. The van der Waals surface area contributed by atoms with E-state index in [1.165, 1.54) is 12.6 Å². The van der Waals surface area contributed by atoms with Gasteiger partial charge >= 0.3 is 0 Å². The second-order valence-electron chi connectivity index (χ2n) is 5.71. The number of hydrogen-bond acceptors (Lipinski definition) is 3. The Morgan fingerprint density at radius 2 is 1.78 bits per heavy atom. The lowest BCUT2D eigenvalue weighted by Gasteiger charge is -2.20. The predicted molar refractivity (Wildman–Crippen MR) is 73.8 cm³/mol. The fourth-order valence-electron chi connectivity index (χ4n) is 1.74. The summed E-state index contributed by atoms with van der Waals surface area (Å²) in [6.45, 7) is 6.50. The largest absolute Gasteiger partial charge is 0.320 e. The third-order valence-corrected chi connectivity index (χ3v) is 2.94. The van der Waals surface area contributed by atoms with E-state index >= 15 is 0 Å². The molecular weight excluding hydrogens is 226 g/mol. The standard InChI is InChI=1S/C14H23N3O/c1-14(2,3)11-7-5-10(6-8-11)9-12(15)13(18)17(4)16/h5-8,12H,9,15-16H2,1-4H3. The Labute approximate surface area is 109 Å². The number of hydrogen-bond donors (Lipinski definition) is 2. The van der Waals surface area contributed by atoms with Crippen LogP contribution in [-0.2, 0) is 16.6 Å². The van der Waals surface area contributed by atoms with Crippen LogP contribution >= 0.6 is 0 Å². The molecule has 0 fully saturated rings. The summed E-state index contributed by atoms with van der Waals surface area (Å²) in [7, 11) is 1.50. The quantitative estimate of drug-likeness (QED) is 0.480.